The van der Waals surface area contributed by atoms with Crippen LogP contribution in [0.3, 0.4) is 0 Å². The number of anilines is 1. The predicted octanol–water partition coefficient (Wildman–Crippen LogP) is 2.65. The Morgan fingerprint density at radius 3 is 2.88 bits per heavy atom. The van der Waals surface area contributed by atoms with Gasteiger partial charge in [-0.3, -0.25) is 4.79 Å². The van der Waals surface area contributed by atoms with Crippen LogP contribution in [0.4, 0.5) is 5.69 Å². The van der Waals surface area contributed by atoms with E-state index in [0.29, 0.717) is 17.4 Å². The molecule has 1 saturated carbocycles. The second-order valence-electron chi connectivity index (χ2n) is 3.93. The quantitative estimate of drug-likeness (QED) is 0.803. The highest BCUT2D eigenvalue weighted by atomic mass is 35.5. The summed E-state index contributed by atoms with van der Waals surface area (Å²) >= 11 is 5.44. The van der Waals surface area contributed by atoms with Gasteiger partial charge < -0.3 is 10.1 Å². The normalized spacial score (nSPS) is 14.6. The maximum Gasteiger partial charge on any atom is 0.239 e. The molecule has 0 atom stereocenters. The lowest BCUT2D eigenvalue weighted by molar-refractivity contribution is -0.113. The van der Waals surface area contributed by atoms with Crippen molar-refractivity contribution in [1.29, 1.82) is 0 Å². The molecule has 0 radical (unpaired) electrons. The van der Waals surface area contributed by atoms with Crippen LogP contribution in [-0.2, 0) is 4.79 Å². The van der Waals surface area contributed by atoms with E-state index in [9.17, 15) is 4.79 Å². The van der Waals surface area contributed by atoms with Crippen LogP contribution in [0, 0.1) is 5.92 Å². The Hall–Kier alpha value is -1.22. The number of hydrogen-bond acceptors (Lipinski definition) is 2. The summed E-state index contributed by atoms with van der Waals surface area (Å²) in [7, 11) is 0. The smallest absolute Gasteiger partial charge is 0.239 e. The van der Waals surface area contributed by atoms with Crippen LogP contribution in [0.15, 0.2) is 24.3 Å². The molecule has 1 fully saturated rings. The summed E-state index contributed by atoms with van der Waals surface area (Å²) in [5, 5.41) is 2.71. The summed E-state index contributed by atoms with van der Waals surface area (Å²) in [4.78, 5) is 11.2. The molecule has 3 nitrogen and oxygen atoms in total. The Morgan fingerprint density at radius 1 is 1.44 bits per heavy atom. The highest BCUT2D eigenvalue weighted by molar-refractivity contribution is 6.29. The molecular weight excluding hydrogens is 226 g/mol. The summed E-state index contributed by atoms with van der Waals surface area (Å²) in [5.41, 5.74) is 0.689. The van der Waals surface area contributed by atoms with E-state index in [-0.39, 0.29) is 11.8 Å². The van der Waals surface area contributed by atoms with Crippen molar-refractivity contribution in [3.05, 3.63) is 24.3 Å². The average Bonchev–Trinajstić information content (AvgIpc) is 3.11. The van der Waals surface area contributed by atoms with Crippen LogP contribution in [0.5, 0.6) is 5.75 Å². The van der Waals surface area contributed by atoms with Gasteiger partial charge in [-0.2, -0.15) is 0 Å². The van der Waals surface area contributed by atoms with Gasteiger partial charge in [0, 0.05) is 0 Å². The van der Waals surface area contributed by atoms with Crippen LogP contribution in [-0.4, -0.2) is 18.4 Å². The molecule has 1 aliphatic rings. The predicted molar refractivity (Wildman–Crippen MR) is 64.0 cm³/mol. The van der Waals surface area contributed by atoms with Gasteiger partial charge in [-0.25, -0.2) is 0 Å². The molecule has 2 rings (SSSR count). The lowest BCUT2D eigenvalue weighted by atomic mass is 10.3. The molecule has 1 aromatic carbocycles. The first-order valence-electron chi connectivity index (χ1n) is 5.37. The number of rotatable bonds is 5. The summed E-state index contributed by atoms with van der Waals surface area (Å²) in [6.45, 7) is 0.730. The Kier molecular flexibility index (Phi) is 3.67. The van der Waals surface area contributed by atoms with Crippen LogP contribution in [0.25, 0.3) is 0 Å². The maximum atomic E-state index is 11.2. The van der Waals surface area contributed by atoms with Crippen molar-refractivity contribution < 1.29 is 9.53 Å². The van der Waals surface area contributed by atoms with Crippen LogP contribution in [0.2, 0.25) is 0 Å². The fourth-order valence-corrected chi connectivity index (χ4v) is 1.44. The lowest BCUT2D eigenvalue weighted by Gasteiger charge is -2.11. The number of carbonyl (C=O) groups is 1. The zero-order chi connectivity index (χ0) is 11.4. The third kappa shape index (κ3) is 3.14. The Morgan fingerprint density at radius 2 is 2.19 bits per heavy atom. The van der Waals surface area contributed by atoms with Gasteiger partial charge in [0.1, 0.15) is 11.6 Å². The molecule has 16 heavy (non-hydrogen) atoms. The number of nitrogens with one attached hydrogen (secondary N) is 1. The first kappa shape index (κ1) is 11.3. The van der Waals surface area contributed by atoms with E-state index < -0.39 is 0 Å². The van der Waals surface area contributed by atoms with Gasteiger partial charge in [0.15, 0.2) is 0 Å². The minimum atomic E-state index is -0.218. The van der Waals surface area contributed by atoms with Gasteiger partial charge in [-0.15, -0.1) is 11.6 Å². The molecule has 86 valence electrons. The molecule has 1 aliphatic carbocycles. The monoisotopic (exact) mass is 239 g/mol. The third-order valence-electron chi connectivity index (χ3n) is 2.45. The van der Waals surface area contributed by atoms with E-state index in [1.807, 2.05) is 24.3 Å². The fraction of sp³-hybridized carbons (Fsp3) is 0.417. The number of alkyl halides is 1. The van der Waals surface area contributed by atoms with Gasteiger partial charge in [-0.1, -0.05) is 12.1 Å². The van der Waals surface area contributed by atoms with Crippen molar-refractivity contribution in [1.82, 2.24) is 0 Å². The van der Waals surface area contributed by atoms with E-state index in [1.54, 1.807) is 0 Å². The molecule has 1 aromatic rings. The number of hydrogen-bond donors (Lipinski definition) is 1. The highest BCUT2D eigenvalue weighted by Gasteiger charge is 2.22. The van der Waals surface area contributed by atoms with E-state index in [1.165, 1.54) is 12.8 Å². The highest BCUT2D eigenvalue weighted by Crippen LogP contribution is 2.31. The largest absolute Gasteiger partial charge is 0.491 e. The number of carbonyl (C=O) groups excluding carboxylic acids is 1. The molecule has 0 heterocycles. The van der Waals surface area contributed by atoms with Gasteiger partial charge >= 0.3 is 0 Å². The topological polar surface area (TPSA) is 38.3 Å². The Balaban J connectivity index is 2.00. The van der Waals surface area contributed by atoms with Crippen molar-refractivity contribution in [2.45, 2.75) is 12.8 Å². The van der Waals surface area contributed by atoms with Crippen molar-refractivity contribution in [3.8, 4) is 5.75 Å². The number of ether oxygens (including phenoxy) is 1. The van der Waals surface area contributed by atoms with E-state index in [4.69, 9.17) is 16.3 Å². The molecule has 1 amide bonds. The molecule has 1 N–H and O–H groups in total. The van der Waals surface area contributed by atoms with Crippen molar-refractivity contribution in [2.24, 2.45) is 5.92 Å². The van der Waals surface area contributed by atoms with E-state index >= 15 is 0 Å². The van der Waals surface area contributed by atoms with Crippen LogP contribution < -0.4 is 10.1 Å². The van der Waals surface area contributed by atoms with Crippen molar-refractivity contribution in [2.75, 3.05) is 17.8 Å². The second kappa shape index (κ2) is 5.21. The molecular formula is C12H14ClNO2. The summed E-state index contributed by atoms with van der Waals surface area (Å²) in [6, 6.07) is 7.41. The molecule has 0 saturated heterocycles. The number of benzene rings is 1. The van der Waals surface area contributed by atoms with Gasteiger partial charge in [0.25, 0.3) is 0 Å². The third-order valence-corrected chi connectivity index (χ3v) is 2.70. The molecule has 0 aromatic heterocycles. The Labute approximate surface area is 99.7 Å². The average molecular weight is 240 g/mol. The number of para-hydroxylation sites is 2. The Bertz CT molecular complexity index is 377. The van der Waals surface area contributed by atoms with Gasteiger partial charge in [0.2, 0.25) is 5.91 Å². The molecule has 0 bridgehead atoms. The first-order chi connectivity index (χ1) is 7.79. The number of halogens is 1. The minimum absolute atomic E-state index is 0.0447. The van der Waals surface area contributed by atoms with Crippen molar-refractivity contribution in [3.63, 3.8) is 0 Å². The summed E-state index contributed by atoms with van der Waals surface area (Å²) in [5.74, 6) is 1.14. The summed E-state index contributed by atoms with van der Waals surface area (Å²) < 4.78 is 5.65. The zero-order valence-corrected chi connectivity index (χ0v) is 9.67. The van der Waals surface area contributed by atoms with E-state index in [0.717, 1.165) is 6.61 Å². The second-order valence-corrected chi connectivity index (χ2v) is 4.20. The van der Waals surface area contributed by atoms with E-state index in [2.05, 4.69) is 5.32 Å². The molecule has 4 heteroatoms. The fourth-order valence-electron chi connectivity index (χ4n) is 1.37. The molecule has 0 aliphatic heterocycles. The maximum absolute atomic E-state index is 11.2. The zero-order valence-electron chi connectivity index (χ0n) is 8.91. The van der Waals surface area contributed by atoms with Crippen LogP contribution in [0.1, 0.15) is 12.8 Å². The number of amides is 1. The standard InChI is InChI=1S/C12H14ClNO2/c13-7-12(15)14-10-3-1-2-4-11(10)16-8-9-5-6-9/h1-4,9H,5-8H2,(H,14,15). The first-order valence-corrected chi connectivity index (χ1v) is 5.90. The van der Waals surface area contributed by atoms with Gasteiger partial charge in [-0.05, 0) is 30.9 Å². The lowest BCUT2D eigenvalue weighted by Crippen LogP contribution is -2.13. The van der Waals surface area contributed by atoms with Gasteiger partial charge in [0.05, 0.1) is 12.3 Å². The minimum Gasteiger partial charge on any atom is -0.491 e. The molecule has 0 spiro atoms. The summed E-state index contributed by atoms with van der Waals surface area (Å²) in [6.07, 6.45) is 2.49. The van der Waals surface area contributed by atoms with Crippen LogP contribution >= 0.6 is 11.6 Å². The SMILES string of the molecule is O=C(CCl)Nc1ccccc1OCC1CC1. The molecule has 0 unspecified atom stereocenters. The van der Waals surface area contributed by atoms with Crippen molar-refractivity contribution >= 4 is 23.2 Å².